The first-order chi connectivity index (χ1) is 10.2. The maximum absolute atomic E-state index is 12.6. The minimum absolute atomic E-state index is 0.129. The van der Waals surface area contributed by atoms with Crippen LogP contribution in [-0.4, -0.2) is 30.5 Å². The summed E-state index contributed by atoms with van der Waals surface area (Å²) in [6.07, 6.45) is 1.70. The first-order valence-corrected chi connectivity index (χ1v) is 6.57. The molecule has 0 unspecified atom stereocenters. The van der Waals surface area contributed by atoms with E-state index in [1.807, 2.05) is 30.3 Å². The number of ether oxygens (including phenoxy) is 1. The topological polar surface area (TPSA) is 59.5 Å². The number of benzene rings is 1. The second-order valence-electron chi connectivity index (χ2n) is 4.33. The molecule has 0 saturated heterocycles. The predicted octanol–water partition coefficient (Wildman–Crippen LogP) is 2.29. The number of hydrogen-bond acceptors (Lipinski definition) is 4. The van der Waals surface area contributed by atoms with Crippen LogP contribution in [-0.2, 0) is 9.53 Å². The molecule has 2 rings (SSSR count). The van der Waals surface area contributed by atoms with E-state index in [1.54, 1.807) is 24.4 Å². The number of hydrogen-bond donors (Lipinski definition) is 0. The first-order valence-electron chi connectivity index (χ1n) is 6.57. The lowest BCUT2D eigenvalue weighted by Crippen LogP contribution is -2.33. The minimum Gasteiger partial charge on any atom is -0.469 e. The number of para-hydroxylation sites is 1. The van der Waals surface area contributed by atoms with Gasteiger partial charge in [0.2, 0.25) is 0 Å². The molecule has 108 valence electrons. The van der Waals surface area contributed by atoms with Crippen LogP contribution in [0, 0.1) is 0 Å². The van der Waals surface area contributed by atoms with Gasteiger partial charge in [-0.3, -0.25) is 14.6 Å². The van der Waals surface area contributed by atoms with Crippen LogP contribution in [0.1, 0.15) is 16.9 Å². The lowest BCUT2D eigenvalue weighted by Gasteiger charge is -2.22. The molecule has 0 aliphatic carbocycles. The van der Waals surface area contributed by atoms with Gasteiger partial charge in [-0.25, -0.2) is 0 Å². The summed E-state index contributed by atoms with van der Waals surface area (Å²) < 4.78 is 4.63. The number of methoxy groups -OCH3 is 1. The number of rotatable bonds is 5. The molecule has 0 aliphatic rings. The molecule has 1 aromatic heterocycles. The van der Waals surface area contributed by atoms with Gasteiger partial charge in [0, 0.05) is 18.4 Å². The quantitative estimate of drug-likeness (QED) is 0.790. The van der Waals surface area contributed by atoms with Gasteiger partial charge in [0.25, 0.3) is 5.91 Å². The third-order valence-electron chi connectivity index (χ3n) is 2.96. The van der Waals surface area contributed by atoms with Crippen LogP contribution < -0.4 is 4.90 Å². The number of carbonyl (C=O) groups excluding carboxylic acids is 2. The number of nitrogens with zero attached hydrogens (tertiary/aromatic N) is 2. The van der Waals surface area contributed by atoms with Crippen molar-refractivity contribution >= 4 is 17.6 Å². The lowest BCUT2D eigenvalue weighted by molar-refractivity contribution is -0.140. The molecule has 21 heavy (non-hydrogen) atoms. The Hall–Kier alpha value is -2.69. The molecule has 0 N–H and O–H groups in total. The van der Waals surface area contributed by atoms with Gasteiger partial charge in [-0.15, -0.1) is 0 Å². The Morgan fingerprint density at radius 3 is 2.43 bits per heavy atom. The summed E-state index contributed by atoms with van der Waals surface area (Å²) in [5.41, 5.74) is 1.06. The molecule has 0 atom stereocenters. The van der Waals surface area contributed by atoms with Crippen molar-refractivity contribution in [2.45, 2.75) is 6.42 Å². The van der Waals surface area contributed by atoms with E-state index in [4.69, 9.17) is 0 Å². The summed E-state index contributed by atoms with van der Waals surface area (Å²) in [5.74, 6) is -0.601. The Balaban J connectivity index is 2.23. The molecule has 1 aromatic carbocycles. The van der Waals surface area contributed by atoms with Gasteiger partial charge < -0.3 is 9.64 Å². The van der Waals surface area contributed by atoms with E-state index < -0.39 is 0 Å². The van der Waals surface area contributed by atoms with Crippen molar-refractivity contribution in [3.8, 4) is 0 Å². The number of amides is 1. The number of pyridine rings is 1. The molecule has 0 spiro atoms. The summed E-state index contributed by atoms with van der Waals surface area (Å²) >= 11 is 0. The van der Waals surface area contributed by atoms with E-state index in [1.165, 1.54) is 12.0 Å². The van der Waals surface area contributed by atoms with Crippen molar-refractivity contribution in [2.24, 2.45) is 0 Å². The smallest absolute Gasteiger partial charge is 0.307 e. The zero-order chi connectivity index (χ0) is 15.1. The average molecular weight is 284 g/mol. The molecule has 1 heterocycles. The van der Waals surface area contributed by atoms with Gasteiger partial charge in [0.05, 0.1) is 13.5 Å². The summed E-state index contributed by atoms with van der Waals surface area (Å²) in [5, 5.41) is 0. The largest absolute Gasteiger partial charge is 0.469 e. The number of carbonyl (C=O) groups is 2. The Morgan fingerprint density at radius 1 is 1.10 bits per heavy atom. The molecule has 0 bridgehead atoms. The van der Waals surface area contributed by atoms with E-state index in [9.17, 15) is 9.59 Å². The fraction of sp³-hybridized carbons (Fsp3) is 0.188. The lowest BCUT2D eigenvalue weighted by atomic mass is 10.2. The maximum atomic E-state index is 12.6. The Bertz CT molecular complexity index is 599. The third-order valence-corrected chi connectivity index (χ3v) is 2.96. The highest BCUT2D eigenvalue weighted by Crippen LogP contribution is 2.16. The molecule has 0 saturated carbocycles. The monoisotopic (exact) mass is 284 g/mol. The van der Waals surface area contributed by atoms with Gasteiger partial charge in [-0.1, -0.05) is 24.3 Å². The molecular weight excluding hydrogens is 268 g/mol. The molecule has 0 fully saturated rings. The minimum atomic E-state index is -0.357. The molecule has 5 heteroatoms. The molecule has 5 nitrogen and oxygen atoms in total. The van der Waals surface area contributed by atoms with E-state index in [-0.39, 0.29) is 24.8 Å². The van der Waals surface area contributed by atoms with E-state index >= 15 is 0 Å². The number of anilines is 1. The molecule has 0 radical (unpaired) electrons. The second-order valence-corrected chi connectivity index (χ2v) is 4.33. The average Bonchev–Trinajstić information content (AvgIpc) is 2.56. The second kappa shape index (κ2) is 7.19. The fourth-order valence-corrected chi connectivity index (χ4v) is 1.89. The summed E-state index contributed by atoms with van der Waals surface area (Å²) in [6, 6.07) is 14.3. The van der Waals surface area contributed by atoms with E-state index in [2.05, 4.69) is 9.72 Å². The third kappa shape index (κ3) is 3.89. The zero-order valence-electron chi connectivity index (χ0n) is 11.7. The van der Waals surface area contributed by atoms with Crippen molar-refractivity contribution in [2.75, 3.05) is 18.6 Å². The molecule has 1 amide bonds. The van der Waals surface area contributed by atoms with Crippen molar-refractivity contribution < 1.29 is 14.3 Å². The van der Waals surface area contributed by atoms with Crippen LogP contribution in [0.3, 0.4) is 0 Å². The molecule has 0 aliphatic heterocycles. The van der Waals surface area contributed by atoms with E-state index in [0.29, 0.717) is 5.69 Å². The Morgan fingerprint density at radius 2 is 1.81 bits per heavy atom. The van der Waals surface area contributed by atoms with Crippen LogP contribution in [0.2, 0.25) is 0 Å². The SMILES string of the molecule is COC(=O)CCN(C(=O)c1ccccn1)c1ccccc1. The van der Waals surface area contributed by atoms with Crippen molar-refractivity contribution in [3.63, 3.8) is 0 Å². The first kappa shape index (κ1) is 14.7. The highest BCUT2D eigenvalue weighted by Gasteiger charge is 2.19. The molecule has 2 aromatic rings. The van der Waals surface area contributed by atoms with Crippen LogP contribution in [0.5, 0.6) is 0 Å². The van der Waals surface area contributed by atoms with Crippen molar-refractivity contribution in [1.82, 2.24) is 4.98 Å². The summed E-state index contributed by atoms with van der Waals surface area (Å²) in [6.45, 7) is 0.242. The predicted molar refractivity (Wildman–Crippen MR) is 79.0 cm³/mol. The van der Waals surface area contributed by atoms with Crippen molar-refractivity contribution in [1.29, 1.82) is 0 Å². The van der Waals surface area contributed by atoms with E-state index in [0.717, 1.165) is 5.69 Å². The maximum Gasteiger partial charge on any atom is 0.307 e. The Kier molecular flexibility index (Phi) is 5.04. The van der Waals surface area contributed by atoms with Crippen LogP contribution in [0.4, 0.5) is 5.69 Å². The van der Waals surface area contributed by atoms with Crippen molar-refractivity contribution in [3.05, 3.63) is 60.4 Å². The fourth-order valence-electron chi connectivity index (χ4n) is 1.89. The normalized spacial score (nSPS) is 9.95. The highest BCUT2D eigenvalue weighted by molar-refractivity contribution is 6.04. The highest BCUT2D eigenvalue weighted by atomic mass is 16.5. The Labute approximate surface area is 123 Å². The number of aromatic nitrogens is 1. The summed E-state index contributed by atoms with van der Waals surface area (Å²) in [7, 11) is 1.33. The number of esters is 1. The molecular formula is C16H16N2O3. The summed E-state index contributed by atoms with van der Waals surface area (Å²) in [4.78, 5) is 29.5. The van der Waals surface area contributed by atoms with Crippen LogP contribution in [0.25, 0.3) is 0 Å². The standard InChI is InChI=1S/C16H16N2O3/c1-21-15(19)10-12-18(13-7-3-2-4-8-13)16(20)14-9-5-6-11-17-14/h2-9,11H,10,12H2,1H3. The van der Waals surface area contributed by atoms with Crippen LogP contribution >= 0.6 is 0 Å². The van der Waals surface area contributed by atoms with Gasteiger partial charge in [0.15, 0.2) is 0 Å². The van der Waals surface area contributed by atoms with Crippen LogP contribution in [0.15, 0.2) is 54.7 Å². The van der Waals surface area contributed by atoms with Gasteiger partial charge >= 0.3 is 5.97 Å². The van der Waals surface area contributed by atoms with Gasteiger partial charge in [0.1, 0.15) is 5.69 Å². The zero-order valence-corrected chi connectivity index (χ0v) is 11.7. The van der Waals surface area contributed by atoms with Gasteiger partial charge in [-0.2, -0.15) is 0 Å². The van der Waals surface area contributed by atoms with Gasteiger partial charge in [-0.05, 0) is 24.3 Å².